The largest absolute Gasteiger partial charge is 0.488 e. The van der Waals surface area contributed by atoms with E-state index < -0.39 is 17.2 Å². The number of hydrogen-bond donors (Lipinski definition) is 1. The van der Waals surface area contributed by atoms with Gasteiger partial charge in [-0.25, -0.2) is 4.79 Å². The van der Waals surface area contributed by atoms with Crippen LogP contribution < -0.4 is 10.1 Å². The maximum absolute atomic E-state index is 12.3. The molecule has 6 nitrogen and oxygen atoms in total. The van der Waals surface area contributed by atoms with E-state index in [1.807, 2.05) is 46.8 Å². The molecular formula is C23H32ClN3O3. The van der Waals surface area contributed by atoms with Gasteiger partial charge in [0, 0.05) is 17.5 Å². The number of halogens is 1. The Bertz CT molecular complexity index is 880. The van der Waals surface area contributed by atoms with Gasteiger partial charge in [-0.2, -0.15) is 0 Å². The molecule has 1 atom stereocenters. The third kappa shape index (κ3) is 7.48. The lowest BCUT2D eigenvalue weighted by Gasteiger charge is -2.33. The van der Waals surface area contributed by atoms with Crippen molar-refractivity contribution in [2.45, 2.75) is 66.0 Å². The number of hydrogen-bond acceptors (Lipinski definition) is 5. The van der Waals surface area contributed by atoms with E-state index in [1.54, 1.807) is 18.5 Å². The van der Waals surface area contributed by atoms with Crippen molar-refractivity contribution in [3.63, 3.8) is 0 Å². The minimum atomic E-state index is -0.624. The first-order valence-corrected chi connectivity index (χ1v) is 10.5. The molecule has 0 saturated carbocycles. The Morgan fingerprint density at radius 2 is 1.90 bits per heavy atom. The Hall–Kier alpha value is -2.34. The summed E-state index contributed by atoms with van der Waals surface area (Å²) in [6, 6.07) is 5.60. The summed E-state index contributed by atoms with van der Waals surface area (Å²) in [7, 11) is 0. The summed E-state index contributed by atoms with van der Waals surface area (Å²) in [5.41, 5.74) is 1.39. The van der Waals surface area contributed by atoms with Crippen molar-refractivity contribution in [2.24, 2.45) is 5.92 Å². The van der Waals surface area contributed by atoms with Gasteiger partial charge in [-0.1, -0.05) is 25.4 Å². The van der Waals surface area contributed by atoms with E-state index in [0.717, 1.165) is 17.0 Å². The van der Waals surface area contributed by atoms with Gasteiger partial charge in [0.15, 0.2) is 5.75 Å². The lowest BCUT2D eigenvalue weighted by molar-refractivity contribution is 0.0408. The average Bonchev–Trinajstić information content (AvgIpc) is 2.58. The molecule has 2 aromatic rings. The van der Waals surface area contributed by atoms with E-state index >= 15 is 0 Å². The highest BCUT2D eigenvalue weighted by atomic mass is 35.5. The first kappa shape index (κ1) is 23.9. The summed E-state index contributed by atoms with van der Waals surface area (Å²) in [5.74, 6) is 0.812. The highest BCUT2D eigenvalue weighted by molar-refractivity contribution is 6.32. The van der Waals surface area contributed by atoms with E-state index in [1.165, 1.54) is 0 Å². The van der Waals surface area contributed by atoms with E-state index in [2.05, 4.69) is 29.1 Å². The molecule has 1 amide bonds. The van der Waals surface area contributed by atoms with Crippen molar-refractivity contribution in [2.75, 3.05) is 6.61 Å². The summed E-state index contributed by atoms with van der Waals surface area (Å²) in [6.45, 7) is 13.8. The molecule has 0 aliphatic heterocycles. The first-order valence-electron chi connectivity index (χ1n) is 10.1. The smallest absolute Gasteiger partial charge is 0.408 e. The maximum Gasteiger partial charge on any atom is 0.408 e. The van der Waals surface area contributed by atoms with Crippen molar-refractivity contribution >= 4 is 17.7 Å². The Morgan fingerprint density at radius 1 is 1.20 bits per heavy atom. The normalized spacial score (nSPS) is 13.6. The lowest BCUT2D eigenvalue weighted by atomic mass is 9.91. The van der Waals surface area contributed by atoms with Crippen molar-refractivity contribution < 1.29 is 14.3 Å². The second-order valence-electron chi connectivity index (χ2n) is 9.26. The van der Waals surface area contributed by atoms with Gasteiger partial charge in [-0.15, -0.1) is 0 Å². The number of amides is 1. The van der Waals surface area contributed by atoms with E-state index in [9.17, 15) is 4.79 Å². The van der Waals surface area contributed by atoms with Crippen LogP contribution in [0, 0.1) is 12.8 Å². The Morgan fingerprint density at radius 3 is 2.47 bits per heavy atom. The molecule has 2 aromatic heterocycles. The van der Waals surface area contributed by atoms with Gasteiger partial charge in [0.1, 0.15) is 12.2 Å². The van der Waals surface area contributed by atoms with Crippen LogP contribution in [0.3, 0.4) is 0 Å². The van der Waals surface area contributed by atoms with Crippen LogP contribution >= 0.6 is 11.6 Å². The highest BCUT2D eigenvalue weighted by Gasteiger charge is 2.31. The van der Waals surface area contributed by atoms with Crippen LogP contribution in [0.25, 0.3) is 11.3 Å². The molecule has 0 aliphatic carbocycles. The van der Waals surface area contributed by atoms with E-state index in [-0.39, 0.29) is 6.61 Å². The Balaban J connectivity index is 2.13. The van der Waals surface area contributed by atoms with Crippen LogP contribution in [-0.2, 0) is 4.74 Å². The van der Waals surface area contributed by atoms with Crippen LogP contribution in [-0.4, -0.2) is 33.8 Å². The number of nitrogens with one attached hydrogen (secondary N) is 1. The minimum Gasteiger partial charge on any atom is -0.488 e. The third-order valence-electron chi connectivity index (χ3n) is 4.22. The van der Waals surface area contributed by atoms with Gasteiger partial charge in [-0.05, 0) is 65.2 Å². The molecular weight excluding hydrogens is 402 g/mol. The quantitative estimate of drug-likeness (QED) is 0.596. The lowest BCUT2D eigenvalue weighted by Crippen LogP contribution is -2.52. The van der Waals surface area contributed by atoms with Gasteiger partial charge in [0.05, 0.1) is 22.5 Å². The predicted octanol–water partition coefficient (Wildman–Crippen LogP) is 5.81. The van der Waals surface area contributed by atoms with Gasteiger partial charge in [0.25, 0.3) is 0 Å². The fourth-order valence-electron chi connectivity index (χ4n) is 3.22. The molecule has 0 spiro atoms. The minimum absolute atomic E-state index is 0.236. The average molecular weight is 434 g/mol. The number of nitrogens with zero attached hydrogens (tertiary/aromatic N) is 2. The second kappa shape index (κ2) is 9.65. The summed E-state index contributed by atoms with van der Waals surface area (Å²) >= 11 is 6.45. The van der Waals surface area contributed by atoms with Crippen molar-refractivity contribution in [3.05, 3.63) is 41.3 Å². The molecule has 0 bridgehead atoms. The highest BCUT2D eigenvalue weighted by Crippen LogP contribution is 2.29. The number of ether oxygens (including phenoxy) is 2. The molecule has 0 saturated heterocycles. The zero-order chi connectivity index (χ0) is 22.5. The zero-order valence-corrected chi connectivity index (χ0v) is 19.6. The molecule has 0 fully saturated rings. The molecule has 2 rings (SSSR count). The first-order chi connectivity index (χ1) is 13.9. The fourth-order valence-corrected chi connectivity index (χ4v) is 3.43. The number of carbonyl (C=O) groups is 1. The summed E-state index contributed by atoms with van der Waals surface area (Å²) < 4.78 is 11.4. The number of alkyl carbamates (subject to hydrolysis) is 1. The Kier molecular flexibility index (Phi) is 7.70. The van der Waals surface area contributed by atoms with E-state index in [0.29, 0.717) is 23.1 Å². The van der Waals surface area contributed by atoms with Crippen LogP contribution in [0.5, 0.6) is 5.75 Å². The van der Waals surface area contributed by atoms with Gasteiger partial charge >= 0.3 is 6.09 Å². The van der Waals surface area contributed by atoms with Crippen molar-refractivity contribution in [3.8, 4) is 17.0 Å². The molecule has 7 heteroatoms. The number of aryl methyl sites for hydroxylation is 1. The standard InChI is InChI=1S/C23H32ClN3O3/c1-15(2)12-23(7,27-21(28)30-22(4,5)6)14-29-20-13-26-19(11-18(20)24)17-8-9-25-16(3)10-17/h8-11,13,15H,12,14H2,1-7H3,(H,27,28). The van der Waals surface area contributed by atoms with Crippen LogP contribution in [0.15, 0.2) is 30.6 Å². The van der Waals surface area contributed by atoms with Crippen LogP contribution in [0.4, 0.5) is 4.79 Å². The molecule has 1 N–H and O–H groups in total. The van der Waals surface area contributed by atoms with E-state index in [4.69, 9.17) is 21.1 Å². The predicted molar refractivity (Wildman–Crippen MR) is 120 cm³/mol. The fraction of sp³-hybridized carbons (Fsp3) is 0.522. The van der Waals surface area contributed by atoms with Gasteiger partial charge in [-0.3, -0.25) is 9.97 Å². The molecule has 30 heavy (non-hydrogen) atoms. The number of pyridine rings is 2. The molecule has 164 valence electrons. The monoisotopic (exact) mass is 433 g/mol. The number of carbonyl (C=O) groups excluding carboxylic acids is 1. The topological polar surface area (TPSA) is 73.3 Å². The maximum atomic E-state index is 12.3. The molecule has 0 radical (unpaired) electrons. The third-order valence-corrected chi connectivity index (χ3v) is 4.52. The van der Waals surface area contributed by atoms with Gasteiger partial charge < -0.3 is 14.8 Å². The molecule has 2 heterocycles. The number of rotatable bonds is 7. The van der Waals surface area contributed by atoms with Crippen molar-refractivity contribution in [1.29, 1.82) is 0 Å². The SMILES string of the molecule is Cc1cc(-c2cc(Cl)c(OCC(C)(CC(C)C)NC(=O)OC(C)(C)C)cn2)ccn1. The van der Waals surface area contributed by atoms with Gasteiger partial charge in [0.2, 0.25) is 0 Å². The summed E-state index contributed by atoms with van der Waals surface area (Å²) in [4.78, 5) is 21.0. The van der Waals surface area contributed by atoms with Crippen LogP contribution in [0.2, 0.25) is 5.02 Å². The zero-order valence-electron chi connectivity index (χ0n) is 18.9. The van der Waals surface area contributed by atoms with Crippen LogP contribution in [0.1, 0.15) is 53.7 Å². The molecule has 0 aromatic carbocycles. The van der Waals surface area contributed by atoms with Crippen molar-refractivity contribution in [1.82, 2.24) is 15.3 Å². The summed E-state index contributed by atoms with van der Waals surface area (Å²) in [6.07, 6.45) is 3.59. The summed E-state index contributed by atoms with van der Waals surface area (Å²) in [5, 5.41) is 3.41. The Labute approximate surface area is 184 Å². The second-order valence-corrected chi connectivity index (χ2v) is 9.67. The molecule has 0 aliphatic rings. The number of aromatic nitrogens is 2. The molecule has 1 unspecified atom stereocenters.